The van der Waals surface area contributed by atoms with Crippen LogP contribution < -0.4 is 20.7 Å². The maximum absolute atomic E-state index is 11.9. The SMILES string of the molecule is COc1cc(Cl)ccc1N[C@H]1c2cc(C(N)=O)ccc2N(C(C)O)[C@@H](C2CC2)[C@@H]1C. The Morgan fingerprint density at radius 2 is 2.03 bits per heavy atom. The predicted octanol–water partition coefficient (Wildman–Crippen LogP) is 4.17. The van der Waals surface area contributed by atoms with Crippen molar-refractivity contribution in [2.45, 2.75) is 45.0 Å². The van der Waals surface area contributed by atoms with Gasteiger partial charge in [0, 0.05) is 34.3 Å². The fourth-order valence-electron chi connectivity index (χ4n) is 4.79. The second-order valence-corrected chi connectivity index (χ2v) is 8.77. The molecule has 1 saturated carbocycles. The largest absolute Gasteiger partial charge is 0.495 e. The van der Waals surface area contributed by atoms with E-state index in [0.717, 1.165) is 29.8 Å². The molecule has 0 aromatic heterocycles. The number of nitrogens with two attached hydrogens (primary N) is 1. The molecule has 1 amide bonds. The summed E-state index contributed by atoms with van der Waals surface area (Å²) < 4.78 is 5.53. The summed E-state index contributed by atoms with van der Waals surface area (Å²) in [7, 11) is 1.61. The molecule has 0 spiro atoms. The molecule has 160 valence electrons. The molecule has 4 N–H and O–H groups in total. The lowest BCUT2D eigenvalue weighted by molar-refractivity contribution is 0.1000. The summed E-state index contributed by atoms with van der Waals surface area (Å²) in [5.41, 5.74) is 8.71. The van der Waals surface area contributed by atoms with Gasteiger partial charge in [0.2, 0.25) is 5.91 Å². The number of rotatable bonds is 6. The second-order valence-electron chi connectivity index (χ2n) is 8.33. The molecule has 1 aliphatic heterocycles. The van der Waals surface area contributed by atoms with E-state index in [2.05, 4.69) is 17.1 Å². The number of aliphatic hydroxyl groups is 1. The van der Waals surface area contributed by atoms with Crippen molar-refractivity contribution in [2.24, 2.45) is 17.6 Å². The van der Waals surface area contributed by atoms with Crippen molar-refractivity contribution in [1.82, 2.24) is 0 Å². The molecule has 0 radical (unpaired) electrons. The van der Waals surface area contributed by atoms with Crippen molar-refractivity contribution in [3.8, 4) is 5.75 Å². The summed E-state index contributed by atoms with van der Waals surface area (Å²) in [6, 6.07) is 11.1. The van der Waals surface area contributed by atoms with Gasteiger partial charge in [-0.1, -0.05) is 18.5 Å². The molecule has 4 rings (SSSR count). The maximum atomic E-state index is 11.9. The number of carbonyl (C=O) groups is 1. The van der Waals surface area contributed by atoms with Gasteiger partial charge in [-0.05, 0) is 61.6 Å². The fraction of sp³-hybridized carbons (Fsp3) is 0.435. The third kappa shape index (κ3) is 3.70. The molecule has 2 aromatic rings. The first-order chi connectivity index (χ1) is 14.3. The molecule has 1 heterocycles. The van der Waals surface area contributed by atoms with E-state index < -0.39 is 12.1 Å². The number of ether oxygens (including phenoxy) is 1. The summed E-state index contributed by atoms with van der Waals surface area (Å²) in [6.45, 7) is 3.99. The van der Waals surface area contributed by atoms with Crippen LogP contribution in [-0.2, 0) is 0 Å². The van der Waals surface area contributed by atoms with E-state index in [1.807, 2.05) is 24.3 Å². The van der Waals surface area contributed by atoms with Crippen molar-refractivity contribution in [3.63, 3.8) is 0 Å². The van der Waals surface area contributed by atoms with Gasteiger partial charge in [0.1, 0.15) is 12.0 Å². The normalized spacial score (nSPS) is 24.2. The van der Waals surface area contributed by atoms with E-state index in [0.29, 0.717) is 22.3 Å². The minimum Gasteiger partial charge on any atom is -0.495 e. The first-order valence-corrected chi connectivity index (χ1v) is 10.7. The van der Waals surface area contributed by atoms with Gasteiger partial charge in [0.05, 0.1) is 18.8 Å². The Morgan fingerprint density at radius 1 is 1.30 bits per heavy atom. The maximum Gasteiger partial charge on any atom is 0.248 e. The topological polar surface area (TPSA) is 87.8 Å². The van der Waals surface area contributed by atoms with Crippen molar-refractivity contribution in [1.29, 1.82) is 0 Å². The number of nitrogens with zero attached hydrogens (tertiary/aromatic N) is 1. The molecule has 0 bridgehead atoms. The zero-order valence-electron chi connectivity index (χ0n) is 17.4. The number of hydrogen-bond donors (Lipinski definition) is 3. The number of fused-ring (bicyclic) bond motifs is 1. The summed E-state index contributed by atoms with van der Waals surface area (Å²) >= 11 is 6.14. The van der Waals surface area contributed by atoms with E-state index in [-0.39, 0.29) is 18.0 Å². The minimum absolute atomic E-state index is 0.0880. The number of carbonyl (C=O) groups excluding carboxylic acids is 1. The van der Waals surface area contributed by atoms with Crippen LogP contribution in [0, 0.1) is 11.8 Å². The van der Waals surface area contributed by atoms with Crippen LogP contribution in [0.3, 0.4) is 0 Å². The van der Waals surface area contributed by atoms with Crippen LogP contribution in [0.2, 0.25) is 5.02 Å². The molecule has 1 aliphatic carbocycles. The zero-order valence-corrected chi connectivity index (χ0v) is 18.2. The quantitative estimate of drug-likeness (QED) is 0.641. The van der Waals surface area contributed by atoms with Crippen LogP contribution in [0.25, 0.3) is 0 Å². The molecule has 1 fully saturated rings. The molecule has 7 heteroatoms. The summed E-state index contributed by atoms with van der Waals surface area (Å²) in [5.74, 6) is 0.891. The first-order valence-electron chi connectivity index (χ1n) is 10.3. The highest BCUT2D eigenvalue weighted by Crippen LogP contribution is 2.51. The molecule has 4 atom stereocenters. The van der Waals surface area contributed by atoms with Gasteiger partial charge in [-0.15, -0.1) is 0 Å². The summed E-state index contributed by atoms with van der Waals surface area (Å²) in [4.78, 5) is 14.0. The Kier molecular flexibility index (Phi) is 5.55. The number of nitrogens with one attached hydrogen (secondary N) is 1. The standard InChI is InChI=1S/C23H28ClN3O3/c1-12-21(26-18-8-7-16(24)11-20(18)30-3)17-10-15(23(25)29)6-9-19(17)27(13(2)28)22(12)14-4-5-14/h6-14,21-22,26,28H,4-5H2,1-3H3,(H2,25,29)/t12-,13?,21-,22-/m1/s1. The highest BCUT2D eigenvalue weighted by Gasteiger charge is 2.47. The van der Waals surface area contributed by atoms with E-state index in [9.17, 15) is 9.90 Å². The monoisotopic (exact) mass is 429 g/mol. The Bertz CT molecular complexity index is 961. The van der Waals surface area contributed by atoms with Gasteiger partial charge in [0.25, 0.3) is 0 Å². The Hall–Kier alpha value is -2.44. The number of halogens is 1. The van der Waals surface area contributed by atoms with Crippen molar-refractivity contribution < 1.29 is 14.6 Å². The number of amides is 1. The van der Waals surface area contributed by atoms with E-state index in [1.54, 1.807) is 26.2 Å². The number of aliphatic hydroxyl groups excluding tert-OH is 1. The van der Waals surface area contributed by atoms with Gasteiger partial charge in [-0.3, -0.25) is 4.79 Å². The van der Waals surface area contributed by atoms with E-state index >= 15 is 0 Å². The highest BCUT2D eigenvalue weighted by atomic mass is 35.5. The van der Waals surface area contributed by atoms with Crippen molar-refractivity contribution >= 4 is 28.9 Å². The predicted molar refractivity (Wildman–Crippen MR) is 119 cm³/mol. The average molecular weight is 430 g/mol. The van der Waals surface area contributed by atoms with E-state index in [1.165, 1.54) is 0 Å². The van der Waals surface area contributed by atoms with Crippen molar-refractivity contribution in [3.05, 3.63) is 52.5 Å². The van der Waals surface area contributed by atoms with Crippen LogP contribution in [0.1, 0.15) is 48.7 Å². The molecular formula is C23H28ClN3O3. The number of primary amides is 1. The molecule has 6 nitrogen and oxygen atoms in total. The minimum atomic E-state index is -0.637. The highest BCUT2D eigenvalue weighted by molar-refractivity contribution is 6.30. The second kappa shape index (κ2) is 8.00. The molecule has 1 unspecified atom stereocenters. The number of hydrogen-bond acceptors (Lipinski definition) is 5. The van der Waals surface area contributed by atoms with Gasteiger partial charge in [-0.25, -0.2) is 0 Å². The lowest BCUT2D eigenvalue weighted by Crippen LogP contribution is -2.52. The fourth-order valence-corrected chi connectivity index (χ4v) is 4.95. The summed E-state index contributed by atoms with van der Waals surface area (Å²) in [6.07, 6.45) is 1.68. The average Bonchev–Trinajstić information content (AvgIpc) is 3.54. The van der Waals surface area contributed by atoms with Gasteiger partial charge >= 0.3 is 0 Å². The molecule has 2 aromatic carbocycles. The number of methoxy groups -OCH3 is 1. The van der Waals surface area contributed by atoms with Crippen LogP contribution in [-0.4, -0.2) is 30.4 Å². The van der Waals surface area contributed by atoms with Gasteiger partial charge in [0.15, 0.2) is 0 Å². The number of benzene rings is 2. The molecule has 30 heavy (non-hydrogen) atoms. The zero-order chi connectivity index (χ0) is 21.6. The van der Waals surface area contributed by atoms with Crippen LogP contribution in [0.15, 0.2) is 36.4 Å². The van der Waals surface area contributed by atoms with Crippen LogP contribution in [0.5, 0.6) is 5.75 Å². The smallest absolute Gasteiger partial charge is 0.248 e. The van der Waals surface area contributed by atoms with Gasteiger partial charge < -0.3 is 25.8 Å². The Morgan fingerprint density at radius 3 is 2.63 bits per heavy atom. The van der Waals surface area contributed by atoms with Crippen LogP contribution >= 0.6 is 11.6 Å². The Balaban J connectivity index is 1.83. The third-order valence-corrected chi connectivity index (χ3v) is 6.53. The first kappa shape index (κ1) is 20.8. The molecule has 0 saturated heterocycles. The third-order valence-electron chi connectivity index (χ3n) is 6.29. The lowest BCUT2D eigenvalue weighted by Gasteiger charge is -2.48. The Labute approximate surface area is 182 Å². The molecular weight excluding hydrogens is 402 g/mol. The number of anilines is 2. The van der Waals surface area contributed by atoms with Crippen LogP contribution in [0.4, 0.5) is 11.4 Å². The lowest BCUT2D eigenvalue weighted by atomic mass is 9.79. The van der Waals surface area contributed by atoms with Crippen molar-refractivity contribution in [2.75, 3.05) is 17.3 Å². The molecule has 2 aliphatic rings. The van der Waals surface area contributed by atoms with E-state index in [4.69, 9.17) is 22.1 Å². The summed E-state index contributed by atoms with van der Waals surface area (Å²) in [5, 5.41) is 14.9. The van der Waals surface area contributed by atoms with Gasteiger partial charge in [-0.2, -0.15) is 0 Å².